The highest BCUT2D eigenvalue weighted by molar-refractivity contribution is 5.95. The molecule has 1 aromatic heterocycles. The fourth-order valence-electron chi connectivity index (χ4n) is 3.31. The van der Waals surface area contributed by atoms with Gasteiger partial charge >= 0.3 is 0 Å². The van der Waals surface area contributed by atoms with Gasteiger partial charge in [0.1, 0.15) is 11.9 Å². The van der Waals surface area contributed by atoms with Gasteiger partial charge in [-0.05, 0) is 35.4 Å². The summed E-state index contributed by atoms with van der Waals surface area (Å²) in [6.07, 6.45) is 0. The molecule has 8 heteroatoms. The van der Waals surface area contributed by atoms with Crippen LogP contribution in [0.2, 0.25) is 0 Å². The number of hydrogen-bond donors (Lipinski definition) is 3. The Hall–Kier alpha value is -4.07. The van der Waals surface area contributed by atoms with Crippen molar-refractivity contribution in [1.29, 1.82) is 5.41 Å². The van der Waals surface area contributed by atoms with Gasteiger partial charge in [0.2, 0.25) is 17.7 Å². The fraction of sp³-hybridized carbons (Fsp3) is 0.174. The summed E-state index contributed by atoms with van der Waals surface area (Å²) in [4.78, 5) is 18.8. The number of nitrogens with zero attached hydrogens (tertiary/aromatic N) is 2. The van der Waals surface area contributed by atoms with E-state index in [-0.39, 0.29) is 5.84 Å². The number of pyridine rings is 1. The second-order valence-electron chi connectivity index (χ2n) is 6.86. The number of benzene rings is 2. The predicted molar refractivity (Wildman–Crippen MR) is 119 cm³/mol. The summed E-state index contributed by atoms with van der Waals surface area (Å²) in [6.45, 7) is 0.417. The van der Waals surface area contributed by atoms with E-state index in [1.54, 1.807) is 24.3 Å². The van der Waals surface area contributed by atoms with Crippen molar-refractivity contribution in [3.63, 3.8) is 0 Å². The number of rotatable bonds is 9. The second kappa shape index (κ2) is 9.62. The molecule has 0 radical (unpaired) electrons. The van der Waals surface area contributed by atoms with Crippen LogP contribution in [0.1, 0.15) is 22.7 Å². The van der Waals surface area contributed by atoms with Gasteiger partial charge in [-0.15, -0.1) is 0 Å². The van der Waals surface area contributed by atoms with Crippen molar-refractivity contribution in [3.8, 4) is 11.8 Å². The SMILES string of the molecule is COc1cc(C(C(N)=O)N(Cc2ccccc2)c2ccc(C(=N)N)cc2)cc(OC)n1. The van der Waals surface area contributed by atoms with Crippen molar-refractivity contribution >= 4 is 17.4 Å². The zero-order valence-corrected chi connectivity index (χ0v) is 17.4. The molecule has 2 aromatic carbocycles. The summed E-state index contributed by atoms with van der Waals surface area (Å²) in [5.41, 5.74) is 14.4. The van der Waals surface area contributed by atoms with Crippen LogP contribution in [-0.2, 0) is 11.3 Å². The van der Waals surface area contributed by atoms with Gasteiger partial charge in [0, 0.05) is 29.9 Å². The molecule has 0 aliphatic heterocycles. The molecular weight excluding hydrogens is 394 g/mol. The van der Waals surface area contributed by atoms with Crippen LogP contribution < -0.4 is 25.8 Å². The van der Waals surface area contributed by atoms with Gasteiger partial charge in [-0.25, -0.2) is 0 Å². The van der Waals surface area contributed by atoms with Crippen LogP contribution in [0.5, 0.6) is 11.8 Å². The Morgan fingerprint density at radius 3 is 2.06 bits per heavy atom. The van der Waals surface area contributed by atoms with Gasteiger partial charge in [-0.2, -0.15) is 4.98 Å². The molecule has 1 atom stereocenters. The van der Waals surface area contributed by atoms with E-state index in [9.17, 15) is 4.79 Å². The molecule has 0 saturated carbocycles. The van der Waals surface area contributed by atoms with Crippen LogP contribution in [0, 0.1) is 5.41 Å². The second-order valence-corrected chi connectivity index (χ2v) is 6.86. The van der Waals surface area contributed by atoms with E-state index in [0.717, 1.165) is 11.3 Å². The molecule has 31 heavy (non-hydrogen) atoms. The van der Waals surface area contributed by atoms with Crippen LogP contribution in [0.25, 0.3) is 0 Å². The lowest BCUT2D eigenvalue weighted by Crippen LogP contribution is -2.37. The molecule has 160 valence electrons. The van der Waals surface area contributed by atoms with E-state index in [1.165, 1.54) is 14.2 Å². The third-order valence-electron chi connectivity index (χ3n) is 4.82. The summed E-state index contributed by atoms with van der Waals surface area (Å²) in [5.74, 6) is 0.0532. The summed E-state index contributed by atoms with van der Waals surface area (Å²) < 4.78 is 10.5. The fourth-order valence-corrected chi connectivity index (χ4v) is 3.31. The largest absolute Gasteiger partial charge is 0.481 e. The molecule has 0 bridgehead atoms. The highest BCUT2D eigenvalue weighted by Gasteiger charge is 2.28. The van der Waals surface area contributed by atoms with Crippen LogP contribution in [0.15, 0.2) is 66.7 Å². The maximum Gasteiger partial charge on any atom is 0.244 e. The number of anilines is 1. The molecule has 0 spiro atoms. The number of nitrogens with one attached hydrogen (secondary N) is 1. The minimum atomic E-state index is -0.825. The van der Waals surface area contributed by atoms with Crippen molar-refractivity contribution in [2.75, 3.05) is 19.1 Å². The quantitative estimate of drug-likeness (QED) is 0.361. The highest BCUT2D eigenvalue weighted by Crippen LogP contribution is 2.32. The van der Waals surface area contributed by atoms with Crippen LogP contribution in [0.3, 0.4) is 0 Å². The summed E-state index contributed by atoms with van der Waals surface area (Å²) in [5, 5.41) is 7.62. The molecule has 1 amide bonds. The number of ether oxygens (including phenoxy) is 2. The molecule has 0 aliphatic carbocycles. The Balaban J connectivity index is 2.12. The number of nitrogens with two attached hydrogens (primary N) is 2. The third kappa shape index (κ3) is 5.11. The number of amides is 1. The van der Waals surface area contributed by atoms with Crippen molar-refractivity contribution in [1.82, 2.24) is 4.98 Å². The van der Waals surface area contributed by atoms with E-state index in [1.807, 2.05) is 47.4 Å². The van der Waals surface area contributed by atoms with E-state index >= 15 is 0 Å². The Labute approximate surface area is 180 Å². The minimum absolute atomic E-state index is 0.0313. The van der Waals surface area contributed by atoms with Crippen molar-refractivity contribution < 1.29 is 14.3 Å². The molecule has 0 aliphatic rings. The average Bonchev–Trinajstić information content (AvgIpc) is 2.78. The summed E-state index contributed by atoms with van der Waals surface area (Å²) >= 11 is 0. The molecule has 8 nitrogen and oxygen atoms in total. The molecule has 0 saturated heterocycles. The minimum Gasteiger partial charge on any atom is -0.481 e. The van der Waals surface area contributed by atoms with Gasteiger partial charge in [0.25, 0.3) is 0 Å². The Bertz CT molecular complexity index is 1030. The maximum absolute atomic E-state index is 12.7. The summed E-state index contributed by atoms with van der Waals surface area (Å²) in [6, 6.07) is 19.4. The number of carbonyl (C=O) groups is 1. The van der Waals surface area contributed by atoms with Gasteiger partial charge in [0.15, 0.2) is 0 Å². The normalized spacial score (nSPS) is 11.4. The standard InChI is InChI=1S/C23H25N5O3/c1-30-19-12-17(13-20(27-19)31-2)21(23(26)29)28(14-15-6-4-3-5-7-15)18-10-8-16(9-11-18)22(24)25/h3-13,21H,14H2,1-2H3,(H3,24,25)(H2,26,29). The average molecular weight is 419 g/mol. The lowest BCUT2D eigenvalue weighted by molar-refractivity contribution is -0.119. The van der Waals surface area contributed by atoms with E-state index in [2.05, 4.69) is 4.98 Å². The van der Waals surface area contributed by atoms with Gasteiger partial charge in [-0.1, -0.05) is 30.3 Å². The maximum atomic E-state index is 12.7. The van der Waals surface area contributed by atoms with E-state index < -0.39 is 11.9 Å². The van der Waals surface area contributed by atoms with Gasteiger partial charge < -0.3 is 25.8 Å². The van der Waals surface area contributed by atoms with Crippen molar-refractivity contribution in [2.24, 2.45) is 11.5 Å². The number of carbonyl (C=O) groups excluding carboxylic acids is 1. The topological polar surface area (TPSA) is 128 Å². The van der Waals surface area contributed by atoms with Crippen molar-refractivity contribution in [2.45, 2.75) is 12.6 Å². The Morgan fingerprint density at radius 2 is 1.58 bits per heavy atom. The highest BCUT2D eigenvalue weighted by atomic mass is 16.5. The smallest absolute Gasteiger partial charge is 0.244 e. The number of nitrogen functional groups attached to an aromatic ring is 1. The van der Waals surface area contributed by atoms with Gasteiger partial charge in [-0.3, -0.25) is 10.2 Å². The zero-order valence-electron chi connectivity index (χ0n) is 17.4. The summed E-state index contributed by atoms with van der Waals surface area (Å²) in [7, 11) is 2.99. The van der Waals surface area contributed by atoms with E-state index in [4.69, 9.17) is 26.4 Å². The Kier molecular flexibility index (Phi) is 6.71. The third-order valence-corrected chi connectivity index (χ3v) is 4.82. The first-order chi connectivity index (χ1) is 14.9. The number of aromatic nitrogens is 1. The molecule has 5 N–H and O–H groups in total. The number of hydrogen-bond acceptors (Lipinski definition) is 6. The monoisotopic (exact) mass is 419 g/mol. The molecule has 1 heterocycles. The first kappa shape index (κ1) is 21.6. The van der Waals surface area contributed by atoms with Gasteiger partial charge in [0.05, 0.1) is 14.2 Å². The predicted octanol–water partition coefficient (Wildman–Crippen LogP) is 2.62. The van der Waals surface area contributed by atoms with Crippen LogP contribution in [0.4, 0.5) is 5.69 Å². The zero-order chi connectivity index (χ0) is 22.4. The number of methoxy groups -OCH3 is 2. The molecule has 0 fully saturated rings. The first-order valence-corrected chi connectivity index (χ1v) is 9.57. The lowest BCUT2D eigenvalue weighted by atomic mass is 10.0. The van der Waals surface area contributed by atoms with E-state index in [0.29, 0.717) is 29.4 Å². The lowest BCUT2D eigenvalue weighted by Gasteiger charge is -2.32. The number of amidine groups is 1. The first-order valence-electron chi connectivity index (χ1n) is 9.57. The molecular formula is C23H25N5O3. The van der Waals surface area contributed by atoms with Crippen molar-refractivity contribution in [3.05, 3.63) is 83.4 Å². The molecule has 3 aromatic rings. The van der Waals surface area contributed by atoms with Crippen LogP contribution >= 0.6 is 0 Å². The van der Waals surface area contributed by atoms with Crippen LogP contribution in [-0.4, -0.2) is 30.9 Å². The molecule has 3 rings (SSSR count). The Morgan fingerprint density at radius 1 is 1.00 bits per heavy atom. The molecule has 1 unspecified atom stereocenters. The number of primary amides is 1.